The summed E-state index contributed by atoms with van der Waals surface area (Å²) in [6.07, 6.45) is 0. The average Bonchev–Trinajstić information content (AvgIpc) is 2.83. The molecule has 1 aromatic heterocycles. The summed E-state index contributed by atoms with van der Waals surface area (Å²) in [7, 11) is 0. The van der Waals surface area contributed by atoms with E-state index in [-0.39, 0.29) is 0 Å². The molecule has 0 spiro atoms. The van der Waals surface area contributed by atoms with Gasteiger partial charge in [0.1, 0.15) is 0 Å². The molecule has 0 saturated heterocycles. The maximum absolute atomic E-state index is 3.62. The van der Waals surface area contributed by atoms with Crippen LogP contribution in [0.25, 0.3) is 0 Å². The number of rotatable bonds is 4. The summed E-state index contributed by atoms with van der Waals surface area (Å²) in [5.74, 6) is 0. The molecule has 0 radical (unpaired) electrons. The number of nitrogens with one attached hydrogen (secondary N) is 1. The highest BCUT2D eigenvalue weighted by molar-refractivity contribution is 7.07. The zero-order chi connectivity index (χ0) is 12.3. The van der Waals surface area contributed by atoms with Gasteiger partial charge in [0, 0.05) is 12.1 Å². The normalized spacial score (nSPS) is 14.5. The Morgan fingerprint density at radius 2 is 1.59 bits per heavy atom. The highest BCUT2D eigenvalue weighted by atomic mass is 32.1. The van der Waals surface area contributed by atoms with Gasteiger partial charge in [0.15, 0.2) is 0 Å². The first-order valence-electron chi connectivity index (χ1n) is 6.01. The predicted octanol–water partition coefficient (Wildman–Crippen LogP) is 4.47. The first kappa shape index (κ1) is 12.3. The average molecular weight is 245 g/mol. The van der Waals surface area contributed by atoms with Crippen molar-refractivity contribution in [3.05, 3.63) is 57.8 Å². The lowest BCUT2D eigenvalue weighted by Crippen LogP contribution is -2.22. The fourth-order valence-electron chi connectivity index (χ4n) is 1.94. The van der Waals surface area contributed by atoms with Gasteiger partial charge in [-0.15, -0.1) is 0 Å². The Morgan fingerprint density at radius 3 is 2.18 bits per heavy atom. The molecule has 1 nitrogen and oxygen atoms in total. The molecule has 2 rings (SSSR count). The summed E-state index contributed by atoms with van der Waals surface area (Å²) in [4.78, 5) is 0. The van der Waals surface area contributed by atoms with Crippen molar-refractivity contribution in [2.45, 2.75) is 32.9 Å². The largest absolute Gasteiger partial charge is 0.304 e. The Morgan fingerprint density at radius 1 is 0.941 bits per heavy atom. The van der Waals surface area contributed by atoms with Gasteiger partial charge in [0.2, 0.25) is 0 Å². The van der Waals surface area contributed by atoms with Crippen molar-refractivity contribution >= 4 is 11.3 Å². The van der Waals surface area contributed by atoms with E-state index in [2.05, 4.69) is 67.2 Å². The van der Waals surface area contributed by atoms with Crippen LogP contribution in [0.4, 0.5) is 0 Å². The molecule has 0 bridgehead atoms. The van der Waals surface area contributed by atoms with Crippen molar-refractivity contribution in [2.75, 3.05) is 0 Å². The Balaban J connectivity index is 2.01. The van der Waals surface area contributed by atoms with E-state index >= 15 is 0 Å². The quantitative estimate of drug-likeness (QED) is 0.838. The van der Waals surface area contributed by atoms with E-state index in [9.17, 15) is 0 Å². The van der Waals surface area contributed by atoms with Crippen LogP contribution >= 0.6 is 11.3 Å². The summed E-state index contributed by atoms with van der Waals surface area (Å²) in [6, 6.07) is 11.7. The Hall–Kier alpha value is -1.12. The minimum atomic E-state index is 0.380. The van der Waals surface area contributed by atoms with E-state index < -0.39 is 0 Å². The molecular weight excluding hydrogens is 226 g/mol. The third-order valence-corrected chi connectivity index (χ3v) is 3.82. The second kappa shape index (κ2) is 5.48. The summed E-state index contributed by atoms with van der Waals surface area (Å²) in [5.41, 5.74) is 4.03. The minimum absolute atomic E-state index is 0.380. The van der Waals surface area contributed by atoms with E-state index in [0.717, 1.165) is 0 Å². The molecule has 1 unspecified atom stereocenters. The number of benzene rings is 1. The number of hydrogen-bond acceptors (Lipinski definition) is 2. The van der Waals surface area contributed by atoms with Crippen LogP contribution in [-0.2, 0) is 0 Å². The molecule has 0 fully saturated rings. The van der Waals surface area contributed by atoms with E-state index in [1.807, 2.05) is 0 Å². The fourth-order valence-corrected chi connectivity index (χ4v) is 2.70. The lowest BCUT2D eigenvalue weighted by Gasteiger charge is -2.20. The van der Waals surface area contributed by atoms with Crippen LogP contribution in [0, 0.1) is 6.92 Å². The van der Waals surface area contributed by atoms with Crippen LogP contribution in [0.1, 0.15) is 42.6 Å². The fraction of sp³-hybridized carbons (Fsp3) is 0.333. The molecule has 2 aromatic rings. The standard InChI is InChI=1S/C15H19NS/c1-11-4-6-14(7-5-11)12(2)16-13(3)15-8-9-17-10-15/h4-10,12-13,16H,1-3H3/t12-,13?/m0/s1. The molecule has 90 valence electrons. The van der Waals surface area contributed by atoms with Gasteiger partial charge in [-0.1, -0.05) is 29.8 Å². The van der Waals surface area contributed by atoms with E-state index in [4.69, 9.17) is 0 Å². The number of aryl methyl sites for hydroxylation is 1. The van der Waals surface area contributed by atoms with Crippen molar-refractivity contribution in [3.63, 3.8) is 0 Å². The predicted molar refractivity (Wildman–Crippen MR) is 75.5 cm³/mol. The molecule has 1 aromatic carbocycles. The topological polar surface area (TPSA) is 12.0 Å². The summed E-state index contributed by atoms with van der Waals surface area (Å²) in [6.45, 7) is 6.55. The van der Waals surface area contributed by atoms with Crippen LogP contribution in [0.15, 0.2) is 41.1 Å². The SMILES string of the molecule is Cc1ccc([C@H](C)NC(C)c2ccsc2)cc1. The molecular formula is C15H19NS. The molecule has 1 heterocycles. The maximum atomic E-state index is 3.62. The van der Waals surface area contributed by atoms with Gasteiger partial charge in [0.25, 0.3) is 0 Å². The van der Waals surface area contributed by atoms with E-state index in [1.54, 1.807) is 11.3 Å². The smallest absolute Gasteiger partial charge is 0.0305 e. The van der Waals surface area contributed by atoms with Crippen LogP contribution in [-0.4, -0.2) is 0 Å². The molecule has 0 aliphatic heterocycles. The van der Waals surface area contributed by atoms with Crippen molar-refractivity contribution in [1.82, 2.24) is 5.32 Å². The molecule has 1 N–H and O–H groups in total. The Kier molecular flexibility index (Phi) is 3.97. The van der Waals surface area contributed by atoms with Gasteiger partial charge in [-0.05, 0) is 48.7 Å². The summed E-state index contributed by atoms with van der Waals surface area (Å²) in [5, 5.41) is 7.96. The molecule has 2 atom stereocenters. The number of hydrogen-bond donors (Lipinski definition) is 1. The van der Waals surface area contributed by atoms with Gasteiger partial charge < -0.3 is 5.32 Å². The number of thiophene rings is 1. The zero-order valence-corrected chi connectivity index (χ0v) is 11.4. The lowest BCUT2D eigenvalue weighted by atomic mass is 10.0. The maximum Gasteiger partial charge on any atom is 0.0305 e. The van der Waals surface area contributed by atoms with Gasteiger partial charge in [0.05, 0.1) is 0 Å². The zero-order valence-electron chi connectivity index (χ0n) is 10.6. The first-order chi connectivity index (χ1) is 8.16. The highest BCUT2D eigenvalue weighted by Gasteiger charge is 2.10. The van der Waals surface area contributed by atoms with Gasteiger partial charge in [-0.25, -0.2) is 0 Å². The minimum Gasteiger partial charge on any atom is -0.304 e. The van der Waals surface area contributed by atoms with Gasteiger partial charge in [-0.3, -0.25) is 0 Å². The molecule has 0 aliphatic rings. The van der Waals surface area contributed by atoms with Crippen LogP contribution in [0.5, 0.6) is 0 Å². The summed E-state index contributed by atoms with van der Waals surface area (Å²) < 4.78 is 0. The second-order valence-corrected chi connectivity index (χ2v) is 5.36. The van der Waals surface area contributed by atoms with Gasteiger partial charge >= 0.3 is 0 Å². The Bertz CT molecular complexity index is 444. The molecule has 0 saturated carbocycles. The summed E-state index contributed by atoms with van der Waals surface area (Å²) >= 11 is 1.75. The molecule has 17 heavy (non-hydrogen) atoms. The first-order valence-corrected chi connectivity index (χ1v) is 6.96. The van der Waals surface area contributed by atoms with Crippen LogP contribution in [0.3, 0.4) is 0 Å². The third kappa shape index (κ3) is 3.18. The Labute approximate surface area is 108 Å². The van der Waals surface area contributed by atoms with Crippen molar-refractivity contribution < 1.29 is 0 Å². The highest BCUT2D eigenvalue weighted by Crippen LogP contribution is 2.21. The lowest BCUT2D eigenvalue weighted by molar-refractivity contribution is 0.495. The monoisotopic (exact) mass is 245 g/mol. The second-order valence-electron chi connectivity index (χ2n) is 4.58. The van der Waals surface area contributed by atoms with Crippen molar-refractivity contribution in [3.8, 4) is 0 Å². The molecule has 0 amide bonds. The molecule has 2 heteroatoms. The van der Waals surface area contributed by atoms with Crippen molar-refractivity contribution in [2.24, 2.45) is 0 Å². The third-order valence-electron chi connectivity index (χ3n) is 3.12. The van der Waals surface area contributed by atoms with Crippen molar-refractivity contribution in [1.29, 1.82) is 0 Å². The molecule has 0 aliphatic carbocycles. The van der Waals surface area contributed by atoms with Crippen LogP contribution < -0.4 is 5.32 Å². The van der Waals surface area contributed by atoms with E-state index in [0.29, 0.717) is 12.1 Å². The van der Waals surface area contributed by atoms with E-state index in [1.165, 1.54) is 16.7 Å². The van der Waals surface area contributed by atoms with Crippen LogP contribution in [0.2, 0.25) is 0 Å². The van der Waals surface area contributed by atoms with Gasteiger partial charge in [-0.2, -0.15) is 11.3 Å².